The van der Waals surface area contributed by atoms with Crippen molar-refractivity contribution in [3.63, 3.8) is 0 Å². The number of hydrogen-bond acceptors (Lipinski definition) is 11. The summed E-state index contributed by atoms with van der Waals surface area (Å²) < 4.78 is 5.35. The maximum atomic E-state index is 10.2. The van der Waals surface area contributed by atoms with Crippen LogP contribution in [0.25, 0.3) is 11.2 Å². The fourth-order valence-corrected chi connectivity index (χ4v) is 6.53. The number of halogens is 1. The molecule has 1 aliphatic carbocycles. The van der Waals surface area contributed by atoms with Crippen molar-refractivity contribution in [1.29, 1.82) is 0 Å². The number of fused-ring (bicyclic) bond motifs is 2. The van der Waals surface area contributed by atoms with E-state index >= 15 is 0 Å². The van der Waals surface area contributed by atoms with Crippen molar-refractivity contribution in [3.05, 3.63) is 40.5 Å². The van der Waals surface area contributed by atoms with Crippen molar-refractivity contribution in [2.45, 2.75) is 35.3 Å². The van der Waals surface area contributed by atoms with Gasteiger partial charge in [-0.2, -0.15) is 5.10 Å². The van der Waals surface area contributed by atoms with Crippen LogP contribution < -0.4 is 16.4 Å². The van der Waals surface area contributed by atoms with E-state index in [0.29, 0.717) is 56.0 Å². The summed E-state index contributed by atoms with van der Waals surface area (Å²) in [6.45, 7) is 3.71. The van der Waals surface area contributed by atoms with Crippen LogP contribution in [0, 0.1) is 18.8 Å². The fraction of sp³-hybridized carbons (Fsp3) is 0.409. The molecule has 2 fully saturated rings. The standard InChI is InChI=1S/C22H24ClN9O2S/c1-10-6-15(31-34-10)22(9-24)11-3-5-32(7-12(11)22)20-13(8-33)27-17-19(28-20)29-30-21(17)35-14-2-4-26-18(25)16(14)23/h2,4,6,11-12,33H,3,5,7-9,24H2,1H3,(H2,25,26)(H,28,29,30). The predicted molar refractivity (Wildman–Crippen MR) is 131 cm³/mol. The maximum Gasteiger partial charge on any atom is 0.177 e. The van der Waals surface area contributed by atoms with Gasteiger partial charge in [0.25, 0.3) is 0 Å². The molecule has 0 bridgehead atoms. The van der Waals surface area contributed by atoms with E-state index in [2.05, 4.69) is 25.2 Å². The van der Waals surface area contributed by atoms with E-state index in [0.717, 1.165) is 31.0 Å². The van der Waals surface area contributed by atoms with E-state index in [1.165, 1.54) is 11.8 Å². The average Bonchev–Trinajstić information content (AvgIpc) is 3.09. The monoisotopic (exact) mass is 513 g/mol. The van der Waals surface area contributed by atoms with Crippen LogP contribution in [0.2, 0.25) is 5.02 Å². The topological polar surface area (TPSA) is 169 Å². The van der Waals surface area contributed by atoms with E-state index in [4.69, 9.17) is 37.6 Å². The number of pyridine rings is 1. The molecule has 182 valence electrons. The van der Waals surface area contributed by atoms with Gasteiger partial charge in [0.2, 0.25) is 0 Å². The van der Waals surface area contributed by atoms with Gasteiger partial charge in [0, 0.05) is 42.2 Å². The Kier molecular flexibility index (Phi) is 5.36. The molecule has 35 heavy (non-hydrogen) atoms. The number of rotatable bonds is 6. The summed E-state index contributed by atoms with van der Waals surface area (Å²) in [6, 6.07) is 3.76. The molecule has 5 heterocycles. The SMILES string of the molecule is Cc1cc(C2(CN)C3CCN(c4nc5[nH]nc(Sc6ccnc(N)c6Cl)c5nc4CO)CC32)no1. The highest BCUT2D eigenvalue weighted by atomic mass is 35.5. The Hall–Kier alpha value is -2.93. The van der Waals surface area contributed by atoms with E-state index in [1.54, 1.807) is 12.3 Å². The van der Waals surface area contributed by atoms with Gasteiger partial charge in [0.1, 0.15) is 22.8 Å². The third-order valence-electron chi connectivity index (χ3n) is 7.22. The molecule has 1 aliphatic heterocycles. The lowest BCUT2D eigenvalue weighted by Gasteiger charge is -2.28. The molecule has 3 atom stereocenters. The molecular formula is C22H24ClN9O2S. The Balaban J connectivity index is 1.30. The van der Waals surface area contributed by atoms with E-state index < -0.39 is 0 Å². The first-order chi connectivity index (χ1) is 17.0. The smallest absolute Gasteiger partial charge is 0.177 e. The molecule has 4 aromatic heterocycles. The molecule has 11 nitrogen and oxygen atoms in total. The van der Waals surface area contributed by atoms with Crippen molar-refractivity contribution >= 4 is 46.2 Å². The molecule has 0 aromatic carbocycles. The summed E-state index contributed by atoms with van der Waals surface area (Å²) in [5.41, 5.74) is 14.4. The Morgan fingerprint density at radius 2 is 2.23 bits per heavy atom. The van der Waals surface area contributed by atoms with Gasteiger partial charge in [-0.3, -0.25) is 5.10 Å². The van der Waals surface area contributed by atoms with Gasteiger partial charge in [-0.1, -0.05) is 28.5 Å². The minimum absolute atomic E-state index is 0.174. The van der Waals surface area contributed by atoms with Crippen molar-refractivity contribution in [2.75, 3.05) is 30.3 Å². The number of aliphatic hydroxyl groups is 1. The molecule has 6 N–H and O–H groups in total. The Morgan fingerprint density at radius 1 is 1.37 bits per heavy atom. The Bertz CT molecular complexity index is 1430. The van der Waals surface area contributed by atoms with Gasteiger partial charge < -0.3 is 26.0 Å². The summed E-state index contributed by atoms with van der Waals surface area (Å²) >= 11 is 7.61. The van der Waals surface area contributed by atoms with Crippen molar-refractivity contribution in [3.8, 4) is 0 Å². The number of nitrogens with one attached hydrogen (secondary N) is 1. The molecule has 1 saturated heterocycles. The Labute approximate surface area is 209 Å². The summed E-state index contributed by atoms with van der Waals surface area (Å²) in [4.78, 5) is 16.4. The number of anilines is 2. The lowest BCUT2D eigenvalue weighted by atomic mass is 9.97. The lowest BCUT2D eigenvalue weighted by molar-refractivity contribution is 0.276. The molecule has 6 rings (SSSR count). The molecule has 0 spiro atoms. The highest BCUT2D eigenvalue weighted by Gasteiger charge is 2.67. The maximum absolute atomic E-state index is 10.2. The van der Waals surface area contributed by atoms with E-state index in [9.17, 15) is 5.11 Å². The summed E-state index contributed by atoms with van der Waals surface area (Å²) in [5, 5.41) is 22.7. The predicted octanol–water partition coefficient (Wildman–Crippen LogP) is 2.28. The van der Waals surface area contributed by atoms with Gasteiger partial charge in [0.05, 0.1) is 17.3 Å². The van der Waals surface area contributed by atoms with Crippen LogP contribution in [0.4, 0.5) is 11.6 Å². The van der Waals surface area contributed by atoms with Gasteiger partial charge in [0.15, 0.2) is 16.5 Å². The second-order valence-electron chi connectivity index (χ2n) is 9.00. The first-order valence-corrected chi connectivity index (χ1v) is 12.5. The zero-order chi connectivity index (χ0) is 24.3. The summed E-state index contributed by atoms with van der Waals surface area (Å²) in [7, 11) is 0. The first kappa shape index (κ1) is 22.5. The molecule has 0 amide bonds. The highest BCUT2D eigenvalue weighted by molar-refractivity contribution is 7.99. The third kappa shape index (κ3) is 3.46. The normalized spacial score (nSPS) is 23.6. The number of aromatic nitrogens is 6. The minimum Gasteiger partial charge on any atom is -0.390 e. The summed E-state index contributed by atoms with van der Waals surface area (Å²) in [6.07, 6.45) is 2.54. The molecular weight excluding hydrogens is 490 g/mol. The number of nitrogen functional groups attached to an aromatic ring is 1. The second-order valence-corrected chi connectivity index (χ2v) is 10.4. The molecule has 2 aliphatic rings. The molecule has 3 unspecified atom stereocenters. The lowest BCUT2D eigenvalue weighted by Crippen LogP contribution is -2.33. The van der Waals surface area contributed by atoms with Crippen molar-refractivity contribution in [2.24, 2.45) is 17.6 Å². The van der Waals surface area contributed by atoms with Gasteiger partial charge in [-0.25, -0.2) is 15.0 Å². The van der Waals surface area contributed by atoms with E-state index in [1.807, 2.05) is 13.0 Å². The van der Waals surface area contributed by atoms with Gasteiger partial charge >= 0.3 is 0 Å². The summed E-state index contributed by atoms with van der Waals surface area (Å²) in [5.74, 6) is 2.48. The van der Waals surface area contributed by atoms with Crippen LogP contribution in [-0.4, -0.2) is 55.0 Å². The zero-order valence-electron chi connectivity index (χ0n) is 18.9. The molecule has 1 saturated carbocycles. The average molecular weight is 514 g/mol. The number of piperidine rings is 1. The van der Waals surface area contributed by atoms with E-state index in [-0.39, 0.29) is 17.8 Å². The van der Waals surface area contributed by atoms with Crippen LogP contribution in [0.1, 0.15) is 23.6 Å². The fourth-order valence-electron chi connectivity index (χ4n) is 5.44. The minimum atomic E-state index is -0.244. The third-order valence-corrected chi connectivity index (χ3v) is 8.77. The number of hydrogen-bond donors (Lipinski definition) is 4. The largest absolute Gasteiger partial charge is 0.390 e. The number of nitrogens with zero attached hydrogens (tertiary/aromatic N) is 6. The number of aliphatic hydroxyl groups excluding tert-OH is 1. The number of H-pyrrole nitrogens is 1. The molecule has 4 aromatic rings. The van der Waals surface area contributed by atoms with Gasteiger partial charge in [-0.05, 0) is 31.2 Å². The number of aromatic amines is 1. The molecule has 13 heteroatoms. The molecule has 0 radical (unpaired) electrons. The van der Waals surface area contributed by atoms with Crippen LogP contribution in [0.15, 0.2) is 32.8 Å². The van der Waals surface area contributed by atoms with Crippen LogP contribution >= 0.6 is 23.4 Å². The first-order valence-electron chi connectivity index (χ1n) is 11.3. The second kappa shape index (κ2) is 8.33. The van der Waals surface area contributed by atoms with Crippen LogP contribution in [-0.2, 0) is 12.0 Å². The van der Waals surface area contributed by atoms with Crippen molar-refractivity contribution < 1.29 is 9.63 Å². The van der Waals surface area contributed by atoms with Gasteiger partial charge in [-0.15, -0.1) is 0 Å². The van der Waals surface area contributed by atoms with Crippen molar-refractivity contribution in [1.82, 2.24) is 30.3 Å². The zero-order valence-corrected chi connectivity index (χ0v) is 20.5. The number of aryl methyl sites for hydroxylation is 1. The quantitative estimate of drug-likeness (QED) is 0.298. The van der Waals surface area contributed by atoms with Crippen LogP contribution in [0.5, 0.6) is 0 Å². The van der Waals surface area contributed by atoms with Crippen LogP contribution in [0.3, 0.4) is 0 Å². The Morgan fingerprint density at radius 3 is 2.97 bits per heavy atom. The number of nitrogens with two attached hydrogens (primary N) is 2. The highest BCUT2D eigenvalue weighted by Crippen LogP contribution is 2.62.